The summed E-state index contributed by atoms with van der Waals surface area (Å²) in [6, 6.07) is 15.6. The van der Waals surface area contributed by atoms with Gasteiger partial charge in [-0.1, -0.05) is 18.2 Å². The molecule has 2 aromatic carbocycles. The number of ether oxygens (including phenoxy) is 2. The molecule has 1 amide bonds. The zero-order valence-electron chi connectivity index (χ0n) is 20.2. The summed E-state index contributed by atoms with van der Waals surface area (Å²) < 4.78 is 11.0. The lowest BCUT2D eigenvalue weighted by Crippen LogP contribution is -2.50. The van der Waals surface area contributed by atoms with E-state index >= 15 is 0 Å². The molecule has 0 spiro atoms. The number of carbonyl (C=O) groups excluding carboxylic acids is 1. The van der Waals surface area contributed by atoms with Gasteiger partial charge in [0, 0.05) is 62.7 Å². The first-order valence-corrected chi connectivity index (χ1v) is 12.4. The predicted molar refractivity (Wildman–Crippen MR) is 138 cm³/mol. The third-order valence-corrected chi connectivity index (χ3v) is 6.87. The third-order valence-electron chi connectivity index (χ3n) is 6.87. The average Bonchev–Trinajstić information content (AvgIpc) is 3.42. The Balaban J connectivity index is 1.14. The number of piperazine rings is 1. The molecule has 0 bridgehead atoms. The predicted octanol–water partition coefficient (Wildman–Crippen LogP) is 3.27. The second-order valence-electron chi connectivity index (χ2n) is 9.26. The molecule has 2 fully saturated rings. The number of carbonyl (C=O) groups is 1. The van der Waals surface area contributed by atoms with E-state index in [1.807, 2.05) is 59.6 Å². The fourth-order valence-electron chi connectivity index (χ4n) is 4.80. The Bertz CT molecular complexity index is 1070. The van der Waals surface area contributed by atoms with Crippen LogP contribution in [0, 0.1) is 0 Å². The average molecular weight is 476 g/mol. The van der Waals surface area contributed by atoms with Gasteiger partial charge in [-0.05, 0) is 48.7 Å². The van der Waals surface area contributed by atoms with Gasteiger partial charge in [-0.25, -0.2) is 4.99 Å². The van der Waals surface area contributed by atoms with Gasteiger partial charge in [0.1, 0.15) is 5.75 Å². The molecular weight excluding hydrogens is 442 g/mol. The molecule has 0 saturated carbocycles. The molecule has 1 N–H and O–H groups in total. The van der Waals surface area contributed by atoms with Crippen molar-refractivity contribution in [1.29, 1.82) is 0 Å². The van der Waals surface area contributed by atoms with Crippen LogP contribution in [0.4, 0.5) is 5.69 Å². The Morgan fingerprint density at radius 1 is 1.14 bits per heavy atom. The van der Waals surface area contributed by atoms with Crippen LogP contribution in [-0.2, 0) is 4.74 Å². The van der Waals surface area contributed by atoms with Crippen LogP contribution >= 0.6 is 0 Å². The molecule has 3 heterocycles. The van der Waals surface area contributed by atoms with Crippen molar-refractivity contribution in [3.8, 4) is 5.75 Å². The maximum Gasteiger partial charge on any atom is 0.254 e. The molecule has 8 nitrogen and oxygen atoms in total. The van der Waals surface area contributed by atoms with Crippen LogP contribution in [0.3, 0.4) is 0 Å². The van der Waals surface area contributed by atoms with Gasteiger partial charge in [-0.2, -0.15) is 0 Å². The van der Waals surface area contributed by atoms with Gasteiger partial charge in [0.2, 0.25) is 5.96 Å². The van der Waals surface area contributed by atoms with Crippen LogP contribution in [0.25, 0.3) is 0 Å². The van der Waals surface area contributed by atoms with Gasteiger partial charge in [0.15, 0.2) is 0 Å². The number of guanidine groups is 1. The van der Waals surface area contributed by atoms with Crippen molar-refractivity contribution in [1.82, 2.24) is 9.80 Å². The molecule has 3 aliphatic rings. The maximum absolute atomic E-state index is 13.1. The minimum atomic E-state index is 0.0686. The molecule has 3 aliphatic heterocycles. The summed E-state index contributed by atoms with van der Waals surface area (Å²) in [4.78, 5) is 26.6. The van der Waals surface area contributed by atoms with Crippen LogP contribution < -0.4 is 10.1 Å². The lowest BCUT2D eigenvalue weighted by Gasteiger charge is -2.35. The second kappa shape index (κ2) is 11.0. The van der Waals surface area contributed by atoms with Crippen molar-refractivity contribution in [2.75, 3.05) is 58.3 Å². The van der Waals surface area contributed by atoms with E-state index in [2.05, 4.69) is 20.2 Å². The normalized spacial score (nSPS) is 22.7. The van der Waals surface area contributed by atoms with Crippen molar-refractivity contribution < 1.29 is 14.3 Å². The summed E-state index contributed by atoms with van der Waals surface area (Å²) in [5.41, 5.74) is 2.64. The molecule has 0 aromatic heterocycles. The summed E-state index contributed by atoms with van der Waals surface area (Å²) in [5.74, 6) is 1.60. The number of hydrogen-bond acceptors (Lipinski definition) is 7. The number of hydrogen-bond donors (Lipinski definition) is 1. The van der Waals surface area contributed by atoms with Crippen molar-refractivity contribution in [3.63, 3.8) is 0 Å². The van der Waals surface area contributed by atoms with Crippen molar-refractivity contribution in [2.45, 2.75) is 24.9 Å². The Morgan fingerprint density at radius 2 is 1.97 bits per heavy atom. The second-order valence-corrected chi connectivity index (χ2v) is 9.26. The molecule has 5 rings (SSSR count). The first-order chi connectivity index (χ1) is 17.2. The van der Waals surface area contributed by atoms with Gasteiger partial charge in [0.25, 0.3) is 5.91 Å². The first-order valence-electron chi connectivity index (χ1n) is 12.4. The molecule has 184 valence electrons. The van der Waals surface area contributed by atoms with Gasteiger partial charge in [-0.15, -0.1) is 0 Å². The number of anilines is 1. The smallest absolute Gasteiger partial charge is 0.254 e. The third kappa shape index (κ3) is 5.89. The quantitative estimate of drug-likeness (QED) is 0.694. The molecule has 0 aliphatic carbocycles. The van der Waals surface area contributed by atoms with Crippen LogP contribution in [0.5, 0.6) is 5.75 Å². The van der Waals surface area contributed by atoms with Gasteiger partial charge in [0.05, 0.1) is 19.8 Å². The number of benzene rings is 2. The number of rotatable bonds is 6. The molecular formula is C27H33N5O3. The Hall–Kier alpha value is -3.23. The van der Waals surface area contributed by atoms with E-state index < -0.39 is 0 Å². The highest BCUT2D eigenvalue weighted by molar-refractivity contribution is 6.02. The minimum absolute atomic E-state index is 0.0686. The fourth-order valence-corrected chi connectivity index (χ4v) is 4.80. The first kappa shape index (κ1) is 23.5. The van der Waals surface area contributed by atoms with Crippen molar-refractivity contribution in [2.24, 2.45) is 9.98 Å². The van der Waals surface area contributed by atoms with Crippen LogP contribution in [0.15, 0.2) is 58.5 Å². The van der Waals surface area contributed by atoms with Crippen LogP contribution in [-0.4, -0.2) is 87.0 Å². The fraction of sp³-hybridized carbons (Fsp3) is 0.444. The van der Waals surface area contributed by atoms with Crippen LogP contribution in [0.2, 0.25) is 0 Å². The zero-order chi connectivity index (χ0) is 24.0. The zero-order valence-corrected chi connectivity index (χ0v) is 20.2. The van der Waals surface area contributed by atoms with E-state index in [-0.39, 0.29) is 11.8 Å². The Morgan fingerprint density at radius 3 is 2.66 bits per heavy atom. The number of methoxy groups -OCH3 is 1. The number of amides is 1. The maximum atomic E-state index is 13.1. The Kier molecular flexibility index (Phi) is 7.39. The van der Waals surface area contributed by atoms with E-state index in [4.69, 9.17) is 9.47 Å². The highest BCUT2D eigenvalue weighted by Crippen LogP contribution is 2.21. The van der Waals surface area contributed by atoms with Crippen molar-refractivity contribution >= 4 is 23.8 Å². The van der Waals surface area contributed by atoms with Crippen LogP contribution in [0.1, 0.15) is 34.7 Å². The molecule has 35 heavy (non-hydrogen) atoms. The SMILES string of the molecule is COc1ccc(C2C=NC(Nc3cccc(C(=O)N4CCN(CC5CCCO5)CC4)c3)=NC2)cc1. The molecule has 0 radical (unpaired) electrons. The van der Waals surface area contributed by atoms with Gasteiger partial charge < -0.3 is 19.7 Å². The molecule has 8 heteroatoms. The van der Waals surface area contributed by atoms with E-state index in [9.17, 15) is 4.79 Å². The summed E-state index contributed by atoms with van der Waals surface area (Å²) in [6.45, 7) is 5.75. The Labute approximate surface area is 206 Å². The lowest BCUT2D eigenvalue weighted by molar-refractivity contribution is 0.0433. The largest absolute Gasteiger partial charge is 0.497 e. The van der Waals surface area contributed by atoms with Crippen molar-refractivity contribution in [3.05, 3.63) is 59.7 Å². The number of nitrogens with one attached hydrogen (secondary N) is 1. The standard InChI is InChI=1S/C27H33N5O3/c1-34-24-9-7-20(8-10-24)22-17-28-27(29-18-22)30-23-5-2-4-21(16-23)26(33)32-13-11-31(12-14-32)19-25-6-3-15-35-25/h2,4-5,7-10,16-17,22,25H,3,6,11-15,18-19H2,1H3,(H,29,30). The van der Waals surface area contributed by atoms with E-state index in [1.54, 1.807) is 7.11 Å². The van der Waals surface area contributed by atoms with Gasteiger partial charge in [-0.3, -0.25) is 14.7 Å². The number of aliphatic imine (C=N–C) groups is 2. The van der Waals surface area contributed by atoms with E-state index in [0.717, 1.165) is 69.2 Å². The highest BCUT2D eigenvalue weighted by atomic mass is 16.5. The molecule has 2 unspecified atom stereocenters. The summed E-state index contributed by atoms with van der Waals surface area (Å²) in [7, 11) is 1.66. The number of nitrogens with zero attached hydrogens (tertiary/aromatic N) is 4. The monoisotopic (exact) mass is 475 g/mol. The highest BCUT2D eigenvalue weighted by Gasteiger charge is 2.25. The van der Waals surface area contributed by atoms with E-state index in [1.165, 1.54) is 0 Å². The van der Waals surface area contributed by atoms with Gasteiger partial charge >= 0.3 is 0 Å². The lowest BCUT2D eigenvalue weighted by atomic mass is 10.00. The summed E-state index contributed by atoms with van der Waals surface area (Å²) in [6.07, 6.45) is 4.59. The minimum Gasteiger partial charge on any atom is -0.497 e. The molecule has 2 aromatic rings. The topological polar surface area (TPSA) is 78.8 Å². The summed E-state index contributed by atoms with van der Waals surface area (Å²) in [5, 5.41) is 3.26. The molecule has 2 atom stereocenters. The van der Waals surface area contributed by atoms with E-state index in [0.29, 0.717) is 24.2 Å². The molecule has 2 saturated heterocycles. The summed E-state index contributed by atoms with van der Waals surface area (Å²) >= 11 is 0.